The Morgan fingerprint density at radius 3 is 2.63 bits per heavy atom. The van der Waals surface area contributed by atoms with Crippen molar-refractivity contribution in [3.05, 3.63) is 35.4 Å². The number of nitrogens with one attached hydrogen (secondary N) is 2. The number of amides is 2. The van der Waals surface area contributed by atoms with Gasteiger partial charge in [-0.1, -0.05) is 12.1 Å². The zero-order valence-electron chi connectivity index (χ0n) is 23.3. The Labute approximate surface area is 226 Å². The SMILES string of the molecule is CNC[C@H](CC1CCC(OC)CC1)NC(=O)N1CCC[C@@H]([C@@](O)(CCCCOC)c2cccc(F)c2F)C1. The van der Waals surface area contributed by atoms with Crippen LogP contribution in [0.25, 0.3) is 0 Å². The molecular weight excluding hydrogens is 492 g/mol. The lowest BCUT2D eigenvalue weighted by atomic mass is 9.74. The van der Waals surface area contributed by atoms with Crippen LogP contribution in [0.4, 0.5) is 13.6 Å². The van der Waals surface area contributed by atoms with Crippen molar-refractivity contribution in [2.45, 2.75) is 82.0 Å². The number of likely N-dealkylation sites (N-methyl/N-ethyl adjacent to an activating group) is 1. The summed E-state index contributed by atoms with van der Waals surface area (Å²) < 4.78 is 39.8. The molecule has 3 N–H and O–H groups in total. The minimum Gasteiger partial charge on any atom is -0.385 e. The van der Waals surface area contributed by atoms with Gasteiger partial charge in [-0.2, -0.15) is 0 Å². The number of unbranched alkanes of at least 4 members (excludes halogenated alkanes) is 1. The Kier molecular flexibility index (Phi) is 12.2. The first-order valence-corrected chi connectivity index (χ1v) is 14.2. The van der Waals surface area contributed by atoms with Crippen LogP contribution in [0.5, 0.6) is 0 Å². The molecular formula is C29H47F2N3O4. The average molecular weight is 540 g/mol. The summed E-state index contributed by atoms with van der Waals surface area (Å²) in [7, 11) is 5.27. The van der Waals surface area contributed by atoms with Crippen molar-refractivity contribution in [2.24, 2.45) is 11.8 Å². The number of benzene rings is 1. The summed E-state index contributed by atoms with van der Waals surface area (Å²) in [5, 5.41) is 18.3. The number of nitrogens with zero attached hydrogens (tertiary/aromatic N) is 1. The Balaban J connectivity index is 1.69. The predicted octanol–water partition coefficient (Wildman–Crippen LogP) is 4.57. The van der Waals surface area contributed by atoms with Crippen LogP contribution in [-0.2, 0) is 15.1 Å². The number of carbonyl (C=O) groups excluding carboxylic acids is 1. The zero-order valence-corrected chi connectivity index (χ0v) is 23.3. The van der Waals surface area contributed by atoms with Crippen LogP contribution in [0.15, 0.2) is 18.2 Å². The quantitative estimate of drug-likeness (QED) is 0.320. The third kappa shape index (κ3) is 8.10. The largest absolute Gasteiger partial charge is 0.385 e. The summed E-state index contributed by atoms with van der Waals surface area (Å²) >= 11 is 0. The summed E-state index contributed by atoms with van der Waals surface area (Å²) in [6, 6.07) is 3.79. The van der Waals surface area contributed by atoms with Gasteiger partial charge in [-0.05, 0) is 83.2 Å². The number of carbonyl (C=O) groups is 1. The first-order chi connectivity index (χ1) is 18.3. The molecule has 0 bridgehead atoms. The van der Waals surface area contributed by atoms with Crippen LogP contribution in [0.1, 0.15) is 69.8 Å². The number of urea groups is 1. The number of piperidine rings is 1. The van der Waals surface area contributed by atoms with Crippen molar-refractivity contribution in [3.63, 3.8) is 0 Å². The molecule has 2 aliphatic rings. The summed E-state index contributed by atoms with van der Waals surface area (Å²) in [5.74, 6) is -1.85. The van der Waals surface area contributed by atoms with Crippen LogP contribution >= 0.6 is 0 Å². The van der Waals surface area contributed by atoms with Crippen LogP contribution in [0.3, 0.4) is 0 Å². The van der Waals surface area contributed by atoms with Gasteiger partial charge in [0.2, 0.25) is 0 Å². The number of methoxy groups -OCH3 is 2. The van der Waals surface area contributed by atoms with Crippen LogP contribution in [0.2, 0.25) is 0 Å². The Hall–Kier alpha value is -1.81. The number of hydrogen-bond donors (Lipinski definition) is 3. The van der Waals surface area contributed by atoms with Crippen molar-refractivity contribution in [3.8, 4) is 0 Å². The van der Waals surface area contributed by atoms with E-state index in [9.17, 15) is 18.7 Å². The van der Waals surface area contributed by atoms with E-state index in [2.05, 4.69) is 10.6 Å². The maximum absolute atomic E-state index is 14.9. The highest BCUT2D eigenvalue weighted by Crippen LogP contribution is 2.41. The molecule has 0 radical (unpaired) electrons. The maximum Gasteiger partial charge on any atom is 0.317 e. The number of rotatable bonds is 13. The summed E-state index contributed by atoms with van der Waals surface area (Å²) in [5.41, 5.74) is -1.61. The molecule has 0 aromatic heterocycles. The minimum atomic E-state index is -1.58. The van der Waals surface area contributed by atoms with Gasteiger partial charge in [-0.3, -0.25) is 0 Å². The summed E-state index contributed by atoms with van der Waals surface area (Å²) in [6.07, 6.45) is 8.40. The summed E-state index contributed by atoms with van der Waals surface area (Å²) in [6.45, 7) is 2.05. The number of hydrogen-bond acceptors (Lipinski definition) is 5. The van der Waals surface area contributed by atoms with E-state index < -0.39 is 23.2 Å². The molecule has 0 unspecified atom stereocenters. The van der Waals surface area contributed by atoms with Crippen molar-refractivity contribution in [2.75, 3.05) is 47.5 Å². The smallest absolute Gasteiger partial charge is 0.317 e. The summed E-state index contributed by atoms with van der Waals surface area (Å²) in [4.78, 5) is 15.1. The van der Waals surface area contributed by atoms with Crippen molar-refractivity contribution in [1.82, 2.24) is 15.5 Å². The first kappa shape index (κ1) is 30.7. The molecule has 7 nitrogen and oxygen atoms in total. The molecule has 1 aromatic rings. The molecule has 1 saturated carbocycles. The van der Waals surface area contributed by atoms with Crippen LogP contribution < -0.4 is 10.6 Å². The van der Waals surface area contributed by atoms with Gasteiger partial charge in [0, 0.05) is 58.0 Å². The fraction of sp³-hybridized carbons (Fsp3) is 0.759. The van der Waals surface area contributed by atoms with Crippen molar-refractivity contribution >= 4 is 6.03 Å². The second-order valence-corrected chi connectivity index (χ2v) is 11.1. The molecule has 0 spiro atoms. The zero-order chi connectivity index (χ0) is 27.5. The topological polar surface area (TPSA) is 83.1 Å². The van der Waals surface area contributed by atoms with Gasteiger partial charge in [-0.25, -0.2) is 13.6 Å². The van der Waals surface area contributed by atoms with E-state index in [1.807, 2.05) is 7.05 Å². The van der Waals surface area contributed by atoms with E-state index >= 15 is 0 Å². The molecule has 1 aliphatic heterocycles. The Morgan fingerprint density at radius 2 is 1.95 bits per heavy atom. The standard InChI is InChI=1S/C29H47F2N3O4/c1-32-19-23(18-21-11-13-24(38-3)14-12-21)33-28(35)34-16-7-8-22(20-34)29(36,15-4-5-17-37-2)25-9-6-10-26(30)27(25)31/h6,9-10,21-24,32,36H,4-5,7-8,11-20H2,1-3H3,(H,33,35)/t21?,22-,23+,24?,29+/m1/s1. The van der Waals surface area contributed by atoms with Crippen molar-refractivity contribution in [1.29, 1.82) is 0 Å². The number of aliphatic hydroxyl groups is 1. The van der Waals surface area contributed by atoms with Gasteiger partial charge < -0.3 is 30.1 Å². The van der Waals surface area contributed by atoms with E-state index in [1.165, 1.54) is 12.1 Å². The van der Waals surface area contributed by atoms with Crippen LogP contribution in [0, 0.1) is 23.5 Å². The molecule has 3 rings (SSSR count). The molecule has 1 aromatic carbocycles. The lowest BCUT2D eigenvalue weighted by Gasteiger charge is -2.43. The van der Waals surface area contributed by atoms with E-state index in [1.54, 1.807) is 19.1 Å². The van der Waals surface area contributed by atoms with Gasteiger partial charge >= 0.3 is 6.03 Å². The molecule has 1 aliphatic carbocycles. The second kappa shape index (κ2) is 15.1. The number of likely N-dealkylation sites (tertiary alicyclic amines) is 1. The Morgan fingerprint density at radius 1 is 1.18 bits per heavy atom. The van der Waals surface area contributed by atoms with E-state index in [0.717, 1.165) is 38.2 Å². The van der Waals surface area contributed by atoms with Gasteiger partial charge in [0.25, 0.3) is 0 Å². The third-order valence-electron chi connectivity index (χ3n) is 8.48. The maximum atomic E-state index is 14.9. The van der Waals surface area contributed by atoms with Gasteiger partial charge in [0.05, 0.1) is 11.7 Å². The fourth-order valence-corrected chi connectivity index (χ4v) is 6.30. The van der Waals surface area contributed by atoms with Gasteiger partial charge in [-0.15, -0.1) is 0 Å². The minimum absolute atomic E-state index is 0.00874. The highest BCUT2D eigenvalue weighted by atomic mass is 19.2. The first-order valence-electron chi connectivity index (χ1n) is 14.2. The molecule has 1 heterocycles. The second-order valence-electron chi connectivity index (χ2n) is 11.1. The number of ether oxygens (including phenoxy) is 2. The van der Waals surface area contributed by atoms with Crippen molar-refractivity contribution < 1.29 is 28.2 Å². The average Bonchev–Trinajstić information content (AvgIpc) is 2.93. The highest BCUT2D eigenvalue weighted by Gasteiger charge is 2.43. The molecule has 38 heavy (non-hydrogen) atoms. The molecule has 9 heteroatoms. The normalized spacial score (nSPS) is 24.6. The molecule has 2 amide bonds. The van der Waals surface area contributed by atoms with Gasteiger partial charge in [0.15, 0.2) is 11.6 Å². The molecule has 216 valence electrons. The monoisotopic (exact) mass is 539 g/mol. The molecule has 1 saturated heterocycles. The van der Waals surface area contributed by atoms with E-state index in [4.69, 9.17) is 9.47 Å². The van der Waals surface area contributed by atoms with E-state index in [-0.39, 0.29) is 30.6 Å². The predicted molar refractivity (Wildman–Crippen MR) is 144 cm³/mol. The lowest BCUT2D eigenvalue weighted by Crippen LogP contribution is -2.54. The molecule has 2 fully saturated rings. The molecule has 3 atom stereocenters. The fourth-order valence-electron chi connectivity index (χ4n) is 6.30. The highest BCUT2D eigenvalue weighted by molar-refractivity contribution is 5.74. The third-order valence-corrected chi connectivity index (χ3v) is 8.48. The lowest BCUT2D eigenvalue weighted by molar-refractivity contribution is -0.0591. The van der Waals surface area contributed by atoms with Crippen LogP contribution in [-0.4, -0.2) is 75.7 Å². The van der Waals surface area contributed by atoms with E-state index in [0.29, 0.717) is 57.4 Å². The Bertz CT molecular complexity index is 868. The number of halogens is 2. The van der Waals surface area contributed by atoms with Gasteiger partial charge in [0.1, 0.15) is 0 Å².